The molecule has 0 saturated carbocycles. The molecule has 1 N–H and O–H groups in total. The van der Waals surface area contributed by atoms with Crippen LogP contribution >= 0.6 is 0 Å². The minimum absolute atomic E-state index is 0.0869. The number of alkyl halides is 3. The predicted octanol–water partition coefficient (Wildman–Crippen LogP) is 4.38. The number of hydrogen-bond donors (Lipinski definition) is 1. The first-order chi connectivity index (χ1) is 14.2. The molecule has 0 bridgehead atoms. The number of ether oxygens (including phenoxy) is 1. The van der Waals surface area contributed by atoms with E-state index in [2.05, 4.69) is 10.4 Å². The minimum atomic E-state index is -4.50. The highest BCUT2D eigenvalue weighted by Gasteiger charge is 2.45. The van der Waals surface area contributed by atoms with Crippen molar-refractivity contribution in [3.05, 3.63) is 59.8 Å². The summed E-state index contributed by atoms with van der Waals surface area (Å²) in [6.45, 7) is 1.08. The van der Waals surface area contributed by atoms with Crippen LogP contribution in [0.1, 0.15) is 40.2 Å². The number of ketones is 1. The number of Topliss-reactive ketones (excluding diaryl/α,β-unsaturated/α-hetero) is 1. The molecule has 1 aromatic heterocycles. The zero-order chi connectivity index (χ0) is 21.5. The Morgan fingerprint density at radius 3 is 2.63 bits per heavy atom. The van der Waals surface area contributed by atoms with Gasteiger partial charge in [0.25, 0.3) is 0 Å². The number of carbonyl (C=O) groups excluding carboxylic acids is 2. The standard InChI is InChI=1S/C21H18F3N3O3/c1-12-8-18(21(22,23)24)27-19(25-12)10-16(26-27)20(29)30-11-17(28)15-7-6-13-4-2-3-5-14(13)9-15/h2-7,9-10,12,18,25H,8,11H2,1H3/t12-,18-/m0/s1. The lowest BCUT2D eigenvalue weighted by molar-refractivity contribution is -0.173. The zero-order valence-electron chi connectivity index (χ0n) is 15.9. The largest absolute Gasteiger partial charge is 0.453 e. The third kappa shape index (κ3) is 3.87. The number of carbonyl (C=O) groups is 2. The Morgan fingerprint density at radius 2 is 1.90 bits per heavy atom. The molecule has 2 aromatic carbocycles. The van der Waals surface area contributed by atoms with Gasteiger partial charge in [-0.3, -0.25) is 4.79 Å². The van der Waals surface area contributed by atoms with E-state index < -0.39 is 36.6 Å². The van der Waals surface area contributed by atoms with Crippen LogP contribution in [0.25, 0.3) is 10.8 Å². The van der Waals surface area contributed by atoms with E-state index in [0.29, 0.717) is 5.56 Å². The first-order valence-electron chi connectivity index (χ1n) is 9.34. The average Bonchev–Trinajstić information content (AvgIpc) is 3.13. The fourth-order valence-electron chi connectivity index (χ4n) is 3.51. The number of halogens is 3. The highest BCUT2D eigenvalue weighted by Crippen LogP contribution is 2.39. The fourth-order valence-corrected chi connectivity index (χ4v) is 3.51. The monoisotopic (exact) mass is 417 g/mol. The van der Waals surface area contributed by atoms with Crippen LogP contribution < -0.4 is 5.32 Å². The van der Waals surface area contributed by atoms with Crippen LogP contribution in [0.15, 0.2) is 48.5 Å². The van der Waals surface area contributed by atoms with Gasteiger partial charge in [-0.15, -0.1) is 0 Å². The van der Waals surface area contributed by atoms with Crippen LogP contribution in [-0.4, -0.2) is 40.4 Å². The van der Waals surface area contributed by atoms with Gasteiger partial charge in [-0.2, -0.15) is 18.3 Å². The van der Waals surface area contributed by atoms with E-state index in [9.17, 15) is 22.8 Å². The van der Waals surface area contributed by atoms with Gasteiger partial charge in [0.1, 0.15) is 5.82 Å². The minimum Gasteiger partial charge on any atom is -0.453 e. The van der Waals surface area contributed by atoms with Gasteiger partial charge in [-0.05, 0) is 30.2 Å². The van der Waals surface area contributed by atoms with E-state index >= 15 is 0 Å². The van der Waals surface area contributed by atoms with Crippen molar-refractivity contribution in [2.45, 2.75) is 31.6 Å². The van der Waals surface area contributed by atoms with Gasteiger partial charge in [0, 0.05) is 17.7 Å². The average molecular weight is 417 g/mol. The van der Waals surface area contributed by atoms with Crippen LogP contribution in [0.2, 0.25) is 0 Å². The number of hydrogen-bond acceptors (Lipinski definition) is 5. The SMILES string of the molecule is C[C@H]1C[C@@H](C(F)(F)F)n2nc(C(=O)OCC(=O)c3ccc4ccccc4c3)cc2N1. The van der Waals surface area contributed by atoms with Crippen molar-refractivity contribution in [3.63, 3.8) is 0 Å². The van der Waals surface area contributed by atoms with E-state index in [4.69, 9.17) is 4.74 Å². The molecule has 0 saturated heterocycles. The van der Waals surface area contributed by atoms with Crippen molar-refractivity contribution in [1.29, 1.82) is 0 Å². The molecule has 3 aromatic rings. The molecule has 1 aliphatic rings. The van der Waals surface area contributed by atoms with E-state index in [0.717, 1.165) is 15.5 Å². The number of anilines is 1. The molecule has 2 heterocycles. The van der Waals surface area contributed by atoms with E-state index in [-0.39, 0.29) is 17.9 Å². The van der Waals surface area contributed by atoms with E-state index in [1.807, 2.05) is 24.3 Å². The smallest absolute Gasteiger partial charge is 0.410 e. The molecule has 0 unspecified atom stereocenters. The van der Waals surface area contributed by atoms with E-state index in [1.165, 1.54) is 6.07 Å². The van der Waals surface area contributed by atoms with Crippen molar-refractivity contribution in [3.8, 4) is 0 Å². The fraction of sp³-hybridized carbons (Fsp3) is 0.286. The van der Waals surface area contributed by atoms with Crippen molar-refractivity contribution < 1.29 is 27.5 Å². The Bertz CT molecular complexity index is 1120. The number of aromatic nitrogens is 2. The summed E-state index contributed by atoms with van der Waals surface area (Å²) in [6.07, 6.45) is -4.70. The highest BCUT2D eigenvalue weighted by atomic mass is 19.4. The Kier molecular flexibility index (Phi) is 4.97. The Balaban J connectivity index is 1.47. The summed E-state index contributed by atoms with van der Waals surface area (Å²) in [5.74, 6) is -1.29. The quantitative estimate of drug-likeness (QED) is 0.504. The van der Waals surface area contributed by atoms with Crippen molar-refractivity contribution in [2.24, 2.45) is 0 Å². The van der Waals surface area contributed by atoms with Gasteiger partial charge in [0.05, 0.1) is 0 Å². The number of nitrogens with zero attached hydrogens (tertiary/aromatic N) is 2. The molecule has 30 heavy (non-hydrogen) atoms. The molecule has 2 atom stereocenters. The number of fused-ring (bicyclic) bond motifs is 2. The Hall–Kier alpha value is -3.36. The molecule has 0 fully saturated rings. The molecule has 0 amide bonds. The van der Waals surface area contributed by atoms with Crippen LogP contribution in [-0.2, 0) is 4.74 Å². The number of esters is 1. The maximum atomic E-state index is 13.3. The number of benzene rings is 2. The van der Waals surface area contributed by atoms with Crippen molar-refractivity contribution in [1.82, 2.24) is 9.78 Å². The van der Waals surface area contributed by atoms with Crippen molar-refractivity contribution in [2.75, 3.05) is 11.9 Å². The number of nitrogens with one attached hydrogen (secondary N) is 1. The predicted molar refractivity (Wildman–Crippen MR) is 104 cm³/mol. The molecule has 1 aliphatic heterocycles. The zero-order valence-corrected chi connectivity index (χ0v) is 15.9. The summed E-state index contributed by atoms with van der Waals surface area (Å²) >= 11 is 0. The summed E-state index contributed by atoms with van der Waals surface area (Å²) in [7, 11) is 0. The van der Waals surface area contributed by atoms with Gasteiger partial charge in [0.15, 0.2) is 24.1 Å². The third-order valence-corrected chi connectivity index (χ3v) is 4.99. The molecule has 9 heteroatoms. The highest BCUT2D eigenvalue weighted by molar-refractivity contribution is 6.02. The Morgan fingerprint density at radius 1 is 1.17 bits per heavy atom. The van der Waals surface area contributed by atoms with Crippen LogP contribution in [0, 0.1) is 0 Å². The van der Waals surface area contributed by atoms with Crippen molar-refractivity contribution >= 4 is 28.3 Å². The summed E-state index contributed by atoms with van der Waals surface area (Å²) in [5, 5.41) is 8.48. The molecule has 4 rings (SSSR count). The molecule has 0 radical (unpaired) electrons. The van der Waals surface area contributed by atoms with Gasteiger partial charge >= 0.3 is 12.1 Å². The first-order valence-corrected chi connectivity index (χ1v) is 9.34. The molecule has 0 aliphatic carbocycles. The van der Waals surface area contributed by atoms with Gasteiger partial charge in [-0.1, -0.05) is 36.4 Å². The maximum Gasteiger partial charge on any atom is 0.410 e. The van der Waals surface area contributed by atoms with E-state index in [1.54, 1.807) is 25.1 Å². The second-order valence-corrected chi connectivity index (χ2v) is 7.26. The normalized spacial score (nSPS) is 18.5. The molecule has 6 nitrogen and oxygen atoms in total. The third-order valence-electron chi connectivity index (χ3n) is 4.99. The molecular formula is C21H18F3N3O3. The summed E-state index contributed by atoms with van der Waals surface area (Å²) < 4.78 is 45.7. The van der Waals surface area contributed by atoms with Crippen LogP contribution in [0.3, 0.4) is 0 Å². The lowest BCUT2D eigenvalue weighted by Crippen LogP contribution is -2.37. The summed E-state index contributed by atoms with van der Waals surface area (Å²) in [5.41, 5.74) is 0.0884. The second-order valence-electron chi connectivity index (χ2n) is 7.26. The lowest BCUT2D eigenvalue weighted by Gasteiger charge is -2.31. The second kappa shape index (κ2) is 7.47. The number of rotatable bonds is 4. The topological polar surface area (TPSA) is 73.2 Å². The Labute approximate surface area is 169 Å². The van der Waals surface area contributed by atoms with Gasteiger partial charge < -0.3 is 10.1 Å². The van der Waals surface area contributed by atoms with Gasteiger partial charge in [-0.25, -0.2) is 9.48 Å². The van der Waals surface area contributed by atoms with Gasteiger partial charge in [0.2, 0.25) is 0 Å². The van der Waals surface area contributed by atoms with Crippen LogP contribution in [0.4, 0.5) is 19.0 Å². The maximum absolute atomic E-state index is 13.3. The molecule has 0 spiro atoms. The summed E-state index contributed by atoms with van der Waals surface area (Å²) in [4.78, 5) is 24.7. The van der Waals surface area contributed by atoms with Crippen LogP contribution in [0.5, 0.6) is 0 Å². The summed E-state index contributed by atoms with van der Waals surface area (Å²) in [6, 6.07) is 11.6. The first kappa shape index (κ1) is 19.9. The molecular weight excluding hydrogens is 399 g/mol. The molecule has 156 valence electrons. The lowest BCUT2D eigenvalue weighted by atomic mass is 10.0.